The van der Waals surface area contributed by atoms with E-state index in [1.54, 1.807) is 29.2 Å². The molecule has 1 N–H and O–H groups in total. The van der Waals surface area contributed by atoms with Gasteiger partial charge in [0.2, 0.25) is 0 Å². The topological polar surface area (TPSA) is 59.8 Å². The largest absolute Gasteiger partial charge is 0.347 e. The normalized spacial score (nSPS) is 10.8. The third kappa shape index (κ3) is 4.26. The number of aryl methyl sites for hydroxylation is 2. The molecule has 2 aromatic heterocycles. The second kappa shape index (κ2) is 8.51. The number of hydrogen-bond donors (Lipinski definition) is 1. The maximum absolute atomic E-state index is 13.0. The van der Waals surface area contributed by atoms with Gasteiger partial charge in [-0.1, -0.05) is 35.9 Å². The first-order chi connectivity index (χ1) is 14.5. The van der Waals surface area contributed by atoms with E-state index in [0.717, 1.165) is 22.5 Å². The minimum absolute atomic E-state index is 0.221. The second-order valence-corrected chi connectivity index (χ2v) is 7.59. The molecule has 0 aliphatic rings. The van der Waals surface area contributed by atoms with Crippen molar-refractivity contribution in [3.63, 3.8) is 0 Å². The fourth-order valence-corrected chi connectivity index (χ4v) is 3.35. The number of pyridine rings is 1. The third-order valence-corrected chi connectivity index (χ3v) is 5.21. The molecule has 0 saturated heterocycles. The number of amides is 1. The SMILES string of the molecule is Cc1ccc(-c2cc(C(=O)NCc3cccnc3)n(-c3cccc(Cl)c3)n2)cc1C. The Morgan fingerprint density at radius 3 is 2.63 bits per heavy atom. The maximum Gasteiger partial charge on any atom is 0.270 e. The van der Waals surface area contributed by atoms with Gasteiger partial charge >= 0.3 is 0 Å². The van der Waals surface area contributed by atoms with E-state index in [1.807, 2.05) is 36.4 Å². The van der Waals surface area contributed by atoms with Crippen LogP contribution in [0.3, 0.4) is 0 Å². The molecule has 30 heavy (non-hydrogen) atoms. The molecule has 0 spiro atoms. The number of carbonyl (C=O) groups is 1. The first-order valence-electron chi connectivity index (χ1n) is 9.62. The van der Waals surface area contributed by atoms with Crippen molar-refractivity contribution >= 4 is 17.5 Å². The van der Waals surface area contributed by atoms with Gasteiger partial charge in [-0.2, -0.15) is 5.10 Å². The van der Waals surface area contributed by atoms with Gasteiger partial charge in [0, 0.05) is 29.5 Å². The van der Waals surface area contributed by atoms with E-state index >= 15 is 0 Å². The molecular weight excluding hydrogens is 396 g/mol. The van der Waals surface area contributed by atoms with E-state index in [0.29, 0.717) is 17.3 Å². The Labute approximate surface area is 180 Å². The molecule has 1 amide bonds. The Balaban J connectivity index is 1.72. The van der Waals surface area contributed by atoms with Crippen molar-refractivity contribution < 1.29 is 4.79 Å². The average Bonchev–Trinajstić information content (AvgIpc) is 3.20. The average molecular weight is 417 g/mol. The summed E-state index contributed by atoms with van der Waals surface area (Å²) < 4.78 is 1.63. The molecule has 0 aliphatic carbocycles. The summed E-state index contributed by atoms with van der Waals surface area (Å²) in [5.41, 5.74) is 6.16. The van der Waals surface area contributed by atoms with Crippen molar-refractivity contribution in [2.24, 2.45) is 0 Å². The Morgan fingerprint density at radius 1 is 1.03 bits per heavy atom. The van der Waals surface area contributed by atoms with Crippen LogP contribution in [-0.4, -0.2) is 20.7 Å². The highest BCUT2D eigenvalue weighted by Gasteiger charge is 2.18. The van der Waals surface area contributed by atoms with Gasteiger partial charge in [-0.05, 0) is 66.9 Å². The van der Waals surface area contributed by atoms with Crippen molar-refractivity contribution in [2.45, 2.75) is 20.4 Å². The van der Waals surface area contributed by atoms with Crippen LogP contribution in [0.4, 0.5) is 0 Å². The maximum atomic E-state index is 13.0. The summed E-state index contributed by atoms with van der Waals surface area (Å²) in [7, 11) is 0. The summed E-state index contributed by atoms with van der Waals surface area (Å²) in [4.78, 5) is 17.1. The van der Waals surface area contributed by atoms with Gasteiger partial charge in [0.1, 0.15) is 5.69 Å². The van der Waals surface area contributed by atoms with Gasteiger partial charge in [0.25, 0.3) is 5.91 Å². The molecule has 5 nitrogen and oxygen atoms in total. The van der Waals surface area contributed by atoms with Crippen LogP contribution in [0.2, 0.25) is 5.02 Å². The van der Waals surface area contributed by atoms with E-state index in [9.17, 15) is 4.79 Å². The molecule has 150 valence electrons. The number of rotatable bonds is 5. The minimum atomic E-state index is -0.221. The number of carbonyl (C=O) groups excluding carboxylic acids is 1. The zero-order valence-electron chi connectivity index (χ0n) is 16.8. The van der Waals surface area contributed by atoms with Crippen LogP contribution in [0.1, 0.15) is 27.2 Å². The number of aromatic nitrogens is 3. The van der Waals surface area contributed by atoms with Crippen molar-refractivity contribution in [2.75, 3.05) is 0 Å². The van der Waals surface area contributed by atoms with Crippen LogP contribution in [-0.2, 0) is 6.54 Å². The van der Waals surface area contributed by atoms with E-state index in [-0.39, 0.29) is 5.91 Å². The Kier molecular flexibility index (Phi) is 5.63. The number of hydrogen-bond acceptors (Lipinski definition) is 3. The molecule has 0 aliphatic heterocycles. The summed E-state index contributed by atoms with van der Waals surface area (Å²) >= 11 is 6.18. The molecule has 0 unspecified atom stereocenters. The minimum Gasteiger partial charge on any atom is -0.347 e. The lowest BCUT2D eigenvalue weighted by Crippen LogP contribution is -2.25. The van der Waals surface area contributed by atoms with Crippen LogP contribution in [0, 0.1) is 13.8 Å². The highest BCUT2D eigenvalue weighted by atomic mass is 35.5. The quantitative estimate of drug-likeness (QED) is 0.490. The molecule has 2 heterocycles. The van der Waals surface area contributed by atoms with Gasteiger partial charge in [-0.3, -0.25) is 9.78 Å². The summed E-state index contributed by atoms with van der Waals surface area (Å²) in [6.45, 7) is 4.52. The molecule has 2 aromatic carbocycles. The monoisotopic (exact) mass is 416 g/mol. The van der Waals surface area contributed by atoms with E-state index in [4.69, 9.17) is 16.7 Å². The Morgan fingerprint density at radius 2 is 1.90 bits per heavy atom. The number of benzene rings is 2. The third-order valence-electron chi connectivity index (χ3n) is 4.97. The fourth-order valence-electron chi connectivity index (χ4n) is 3.16. The van der Waals surface area contributed by atoms with E-state index < -0.39 is 0 Å². The predicted molar refractivity (Wildman–Crippen MR) is 119 cm³/mol. The van der Waals surface area contributed by atoms with Gasteiger partial charge in [-0.25, -0.2) is 4.68 Å². The number of nitrogens with zero attached hydrogens (tertiary/aromatic N) is 3. The van der Waals surface area contributed by atoms with Gasteiger partial charge in [-0.15, -0.1) is 0 Å². The Bertz CT molecular complexity index is 1200. The summed E-state index contributed by atoms with van der Waals surface area (Å²) in [5, 5.41) is 8.26. The second-order valence-electron chi connectivity index (χ2n) is 7.15. The molecule has 6 heteroatoms. The smallest absolute Gasteiger partial charge is 0.270 e. The highest BCUT2D eigenvalue weighted by Crippen LogP contribution is 2.25. The van der Waals surface area contributed by atoms with Crippen LogP contribution in [0.5, 0.6) is 0 Å². The molecule has 4 rings (SSSR count). The first-order valence-corrected chi connectivity index (χ1v) is 10.00. The van der Waals surface area contributed by atoms with Crippen LogP contribution in [0.25, 0.3) is 16.9 Å². The highest BCUT2D eigenvalue weighted by molar-refractivity contribution is 6.30. The Hall–Kier alpha value is -3.44. The number of nitrogens with one attached hydrogen (secondary N) is 1. The lowest BCUT2D eigenvalue weighted by Gasteiger charge is -2.08. The lowest BCUT2D eigenvalue weighted by atomic mass is 10.0. The number of halogens is 1. The van der Waals surface area contributed by atoms with Crippen molar-refractivity contribution in [3.8, 4) is 16.9 Å². The van der Waals surface area contributed by atoms with E-state index in [1.165, 1.54) is 11.1 Å². The summed E-state index contributed by atoms with van der Waals surface area (Å²) in [6, 6.07) is 19.0. The van der Waals surface area contributed by atoms with Crippen molar-refractivity contribution in [1.29, 1.82) is 0 Å². The van der Waals surface area contributed by atoms with Gasteiger partial charge in [0.15, 0.2) is 0 Å². The van der Waals surface area contributed by atoms with Crippen molar-refractivity contribution in [1.82, 2.24) is 20.1 Å². The van der Waals surface area contributed by atoms with Crippen LogP contribution < -0.4 is 5.32 Å². The van der Waals surface area contributed by atoms with Gasteiger partial charge in [0.05, 0.1) is 11.4 Å². The molecule has 0 bridgehead atoms. The summed E-state index contributed by atoms with van der Waals surface area (Å²) in [5.74, 6) is -0.221. The zero-order chi connectivity index (χ0) is 21.1. The van der Waals surface area contributed by atoms with Crippen LogP contribution >= 0.6 is 11.6 Å². The molecule has 0 radical (unpaired) electrons. The first kappa shape index (κ1) is 19.9. The molecular formula is C24H21ClN4O. The lowest BCUT2D eigenvalue weighted by molar-refractivity contribution is 0.0943. The standard InChI is InChI=1S/C24H21ClN4O/c1-16-8-9-19(11-17(16)2)22-13-23(24(30)27-15-18-5-4-10-26-14-18)29(28-22)21-7-3-6-20(25)12-21/h3-14H,15H2,1-2H3,(H,27,30). The van der Waals surface area contributed by atoms with Crippen LogP contribution in [0.15, 0.2) is 73.1 Å². The fraction of sp³-hybridized carbons (Fsp3) is 0.125. The molecule has 0 saturated carbocycles. The van der Waals surface area contributed by atoms with E-state index in [2.05, 4.69) is 36.3 Å². The predicted octanol–water partition coefficient (Wildman–Crippen LogP) is 5.13. The molecule has 4 aromatic rings. The van der Waals surface area contributed by atoms with Crippen molar-refractivity contribution in [3.05, 3.63) is 100 Å². The summed E-state index contributed by atoms with van der Waals surface area (Å²) in [6.07, 6.45) is 3.43. The zero-order valence-corrected chi connectivity index (χ0v) is 17.5. The molecule has 0 atom stereocenters. The molecule has 0 fully saturated rings. The van der Waals surface area contributed by atoms with Gasteiger partial charge < -0.3 is 5.32 Å².